The van der Waals surface area contributed by atoms with Crippen LogP contribution in [0.5, 0.6) is 5.75 Å². The van der Waals surface area contributed by atoms with Gasteiger partial charge in [-0.2, -0.15) is 0 Å². The Labute approximate surface area is 302 Å². The number of hydrogen-bond donors (Lipinski definition) is 4. The summed E-state index contributed by atoms with van der Waals surface area (Å²) < 4.78 is 13.1. The number of anilines is 1. The summed E-state index contributed by atoms with van der Waals surface area (Å²) in [4.78, 5) is 56.9. The molecule has 274 valence electrons. The molecule has 0 unspecified atom stereocenters. The molecule has 5 N–H and O–H groups in total. The molecule has 2 aromatic carbocycles. The second-order valence-electron chi connectivity index (χ2n) is 14.0. The van der Waals surface area contributed by atoms with Gasteiger partial charge in [0, 0.05) is 22.2 Å². The Morgan fingerprint density at radius 3 is 2.48 bits per heavy atom. The molecule has 6 rings (SSSR count). The first-order valence-corrected chi connectivity index (χ1v) is 18.1. The largest absolute Gasteiger partial charge is 0.489 e. The zero-order valence-corrected chi connectivity index (χ0v) is 30.4. The monoisotopic (exact) mass is 709 g/mol. The molecule has 12 nitrogen and oxygen atoms in total. The van der Waals surface area contributed by atoms with Crippen molar-refractivity contribution in [3.05, 3.63) is 86.7 Å². The number of nitrogens with zero attached hydrogens (tertiary/aromatic N) is 2. The Morgan fingerprint density at radius 1 is 1.06 bits per heavy atom. The normalized spacial score (nSPS) is 17.2. The Morgan fingerprint density at radius 2 is 1.81 bits per heavy atom. The van der Waals surface area contributed by atoms with Crippen molar-refractivity contribution in [1.29, 1.82) is 0 Å². The number of nitrogens with two attached hydrogens (primary N) is 1. The molecule has 4 heterocycles. The molecule has 52 heavy (non-hydrogen) atoms. The highest BCUT2D eigenvalue weighted by Gasteiger charge is 2.45. The molecule has 0 radical (unpaired) electrons. The van der Waals surface area contributed by atoms with E-state index in [1.54, 1.807) is 29.7 Å². The molecule has 0 saturated heterocycles. The molecule has 2 amide bonds. The predicted molar refractivity (Wildman–Crippen MR) is 198 cm³/mol. The third-order valence-electron chi connectivity index (χ3n) is 10.3. The van der Waals surface area contributed by atoms with Crippen molar-refractivity contribution < 1.29 is 29.0 Å². The predicted octanol–water partition coefficient (Wildman–Crippen LogP) is 4.82. The number of nitrogens with one attached hydrogen (secondary N) is 2. The van der Waals surface area contributed by atoms with E-state index in [0.29, 0.717) is 53.3 Å². The number of carbonyl (C=O) groups is 3. The summed E-state index contributed by atoms with van der Waals surface area (Å²) in [6.07, 6.45) is 2.97. The summed E-state index contributed by atoms with van der Waals surface area (Å²) in [5.41, 5.74) is 9.88. The van der Waals surface area contributed by atoms with Crippen molar-refractivity contribution in [2.45, 2.75) is 104 Å². The fourth-order valence-corrected chi connectivity index (χ4v) is 6.96. The lowest BCUT2D eigenvalue weighted by molar-refractivity contribution is -0.172. The van der Waals surface area contributed by atoms with E-state index >= 15 is 0 Å². The number of pyridine rings is 2. The number of cyclic esters (lactones) is 1. The first-order valence-electron chi connectivity index (χ1n) is 18.1. The van der Waals surface area contributed by atoms with Gasteiger partial charge in [0.2, 0.25) is 11.8 Å². The summed E-state index contributed by atoms with van der Waals surface area (Å²) in [6, 6.07) is 13.4. The van der Waals surface area contributed by atoms with Crippen molar-refractivity contribution in [3.63, 3.8) is 0 Å². The van der Waals surface area contributed by atoms with Crippen LogP contribution in [0.2, 0.25) is 0 Å². The molecule has 12 heteroatoms. The quantitative estimate of drug-likeness (QED) is 0.125. The third kappa shape index (κ3) is 6.80. The number of fused-ring (bicyclic) bond motifs is 5. The van der Waals surface area contributed by atoms with Crippen molar-refractivity contribution in [2.75, 3.05) is 5.32 Å². The van der Waals surface area contributed by atoms with Gasteiger partial charge in [-0.1, -0.05) is 59.6 Å². The van der Waals surface area contributed by atoms with Crippen LogP contribution in [0, 0.1) is 5.92 Å². The smallest absolute Gasteiger partial charge is 0.343 e. The second-order valence-corrected chi connectivity index (χ2v) is 14.0. The maximum Gasteiger partial charge on any atom is 0.343 e. The van der Waals surface area contributed by atoms with Crippen molar-refractivity contribution >= 4 is 34.4 Å². The number of hydrogen-bond acceptors (Lipinski definition) is 9. The van der Waals surface area contributed by atoms with Gasteiger partial charge >= 0.3 is 5.97 Å². The summed E-state index contributed by atoms with van der Waals surface area (Å²) in [7, 11) is 0. The molecule has 0 saturated carbocycles. The molecule has 4 aromatic rings. The molecule has 0 fully saturated rings. The highest BCUT2D eigenvalue weighted by atomic mass is 16.6. The molecule has 3 atom stereocenters. The first kappa shape index (κ1) is 36.7. The summed E-state index contributed by atoms with van der Waals surface area (Å²) >= 11 is 0. The van der Waals surface area contributed by atoms with Gasteiger partial charge in [0.25, 0.3) is 5.56 Å². The van der Waals surface area contributed by atoms with E-state index in [4.69, 9.17) is 20.2 Å². The molecule has 0 bridgehead atoms. The van der Waals surface area contributed by atoms with E-state index in [2.05, 4.69) is 17.6 Å². The maximum atomic E-state index is 13.6. The number of unbranched alkanes of at least 4 members (excludes halogenated alkanes) is 1. The van der Waals surface area contributed by atoms with Crippen LogP contribution in [0.15, 0.2) is 53.3 Å². The molecular weight excluding hydrogens is 662 g/mol. The summed E-state index contributed by atoms with van der Waals surface area (Å²) in [6.45, 7) is 9.95. The molecular formula is C40H47N5O7. The number of esters is 1. The number of rotatable bonds is 13. The topological polar surface area (TPSA) is 175 Å². The molecule has 0 spiro atoms. The Bertz CT molecular complexity index is 2090. The van der Waals surface area contributed by atoms with Gasteiger partial charge in [-0.3, -0.25) is 14.4 Å². The zero-order valence-electron chi connectivity index (χ0n) is 30.4. The van der Waals surface area contributed by atoms with Gasteiger partial charge in [0.1, 0.15) is 25.0 Å². The van der Waals surface area contributed by atoms with E-state index in [-0.39, 0.29) is 42.9 Å². The van der Waals surface area contributed by atoms with Crippen molar-refractivity contribution in [2.24, 2.45) is 11.7 Å². The van der Waals surface area contributed by atoms with Gasteiger partial charge < -0.3 is 35.5 Å². The minimum absolute atomic E-state index is 0.0444. The van der Waals surface area contributed by atoms with Crippen LogP contribution < -0.4 is 26.7 Å². The standard InChI is InChI=1S/C40H47N5O7/c1-6-9-10-32(44-37(47)34(41)22(4)5)36(46)42-24-13-11-23(12-14-24)20-51-25-15-16-31-27(17-25)26(7-2)28-19-45-33(35(28)43-31)18-30-29(38(45)48)21-52-39(49)40(30,50)8-3/h11-18,22,32,34,50H,6-10,19-21,41H2,1-5H3,(H,42,46)(H,44,47)/t32-,34-,40-/m0/s1. The number of benzene rings is 2. The van der Waals surface area contributed by atoms with Gasteiger partial charge in [-0.25, -0.2) is 9.78 Å². The van der Waals surface area contributed by atoms with E-state index in [1.807, 2.05) is 51.1 Å². The van der Waals surface area contributed by atoms with Gasteiger partial charge in [0.05, 0.1) is 35.1 Å². The van der Waals surface area contributed by atoms with Gasteiger partial charge in [-0.15, -0.1) is 0 Å². The highest BCUT2D eigenvalue weighted by molar-refractivity contribution is 5.98. The van der Waals surface area contributed by atoms with Gasteiger partial charge in [-0.05, 0) is 72.7 Å². The third-order valence-corrected chi connectivity index (χ3v) is 10.3. The van der Waals surface area contributed by atoms with Crippen LogP contribution in [0.4, 0.5) is 5.69 Å². The van der Waals surface area contributed by atoms with Crippen LogP contribution >= 0.6 is 0 Å². The zero-order chi connectivity index (χ0) is 37.3. The molecule has 2 aromatic heterocycles. The summed E-state index contributed by atoms with van der Waals surface area (Å²) in [5.74, 6) is -0.761. The van der Waals surface area contributed by atoms with Crippen LogP contribution in [0.3, 0.4) is 0 Å². The molecule has 2 aliphatic rings. The van der Waals surface area contributed by atoms with E-state index < -0.39 is 23.7 Å². The van der Waals surface area contributed by atoms with Crippen molar-refractivity contribution in [3.8, 4) is 17.1 Å². The van der Waals surface area contributed by atoms with Crippen LogP contribution in [0.1, 0.15) is 88.1 Å². The lowest BCUT2D eigenvalue weighted by Gasteiger charge is -2.31. The number of aryl methyl sites for hydroxylation is 1. The highest BCUT2D eigenvalue weighted by Crippen LogP contribution is 2.40. The lowest BCUT2D eigenvalue weighted by Crippen LogP contribution is -2.51. The van der Waals surface area contributed by atoms with E-state index in [0.717, 1.165) is 40.4 Å². The Hall–Kier alpha value is -5.07. The average molecular weight is 710 g/mol. The number of aliphatic hydroxyl groups is 1. The molecule has 0 aliphatic carbocycles. The minimum Gasteiger partial charge on any atom is -0.489 e. The lowest BCUT2D eigenvalue weighted by atomic mass is 9.86. The number of amides is 2. The maximum absolute atomic E-state index is 13.6. The Kier molecular flexibility index (Phi) is 10.5. The second kappa shape index (κ2) is 14.9. The van der Waals surface area contributed by atoms with Gasteiger partial charge in [0.15, 0.2) is 5.60 Å². The van der Waals surface area contributed by atoms with E-state index in [9.17, 15) is 24.3 Å². The Balaban J connectivity index is 1.18. The SMILES string of the molecule is CCCC[C@H](NC(=O)[C@@H](N)C(C)C)C(=O)Nc1ccc(COc2ccc3nc4c(c(CC)c3c2)Cn2c-4cc3c(c2=O)COC(=O)[C@]3(O)CC)cc1. The fourth-order valence-electron chi connectivity index (χ4n) is 6.96. The molecule has 2 aliphatic heterocycles. The average Bonchev–Trinajstić information content (AvgIpc) is 3.51. The fraction of sp³-hybridized carbons (Fsp3) is 0.425. The number of ether oxygens (including phenoxy) is 2. The number of carbonyl (C=O) groups excluding carboxylic acids is 3. The summed E-state index contributed by atoms with van der Waals surface area (Å²) in [5, 5.41) is 17.9. The van der Waals surface area contributed by atoms with Crippen LogP contribution in [0.25, 0.3) is 22.3 Å². The minimum atomic E-state index is -1.88. The van der Waals surface area contributed by atoms with Crippen molar-refractivity contribution in [1.82, 2.24) is 14.9 Å². The number of aromatic nitrogens is 2. The van der Waals surface area contributed by atoms with E-state index in [1.165, 1.54) is 0 Å². The van der Waals surface area contributed by atoms with Crippen LogP contribution in [-0.4, -0.2) is 44.5 Å². The van der Waals surface area contributed by atoms with Crippen LogP contribution in [-0.2, 0) is 50.9 Å². The first-order chi connectivity index (χ1) is 24.9.